The molecular formula is C15H20N4O2S. The summed E-state index contributed by atoms with van der Waals surface area (Å²) < 4.78 is 5.06. The Kier molecular flexibility index (Phi) is 4.15. The second kappa shape index (κ2) is 6.08. The molecule has 1 amide bonds. The van der Waals surface area contributed by atoms with Crippen LogP contribution in [-0.2, 0) is 4.74 Å². The molecule has 1 aliphatic heterocycles. The molecule has 3 heterocycles. The Labute approximate surface area is 133 Å². The summed E-state index contributed by atoms with van der Waals surface area (Å²) in [6.45, 7) is 9.10. The molecule has 2 aromatic heterocycles. The van der Waals surface area contributed by atoms with Gasteiger partial charge in [0.2, 0.25) is 0 Å². The normalized spacial score (nSPS) is 15.4. The van der Waals surface area contributed by atoms with Gasteiger partial charge in [0.15, 0.2) is 0 Å². The summed E-state index contributed by atoms with van der Waals surface area (Å²) in [7, 11) is 0. The van der Waals surface area contributed by atoms with Gasteiger partial charge in [0.05, 0.1) is 12.0 Å². The highest BCUT2D eigenvalue weighted by Crippen LogP contribution is 2.31. The van der Waals surface area contributed by atoms with Crippen molar-refractivity contribution in [3.8, 4) is 0 Å². The van der Waals surface area contributed by atoms with Crippen molar-refractivity contribution in [3.63, 3.8) is 0 Å². The maximum Gasteiger partial charge on any atom is 0.409 e. The van der Waals surface area contributed by atoms with Crippen LogP contribution in [0, 0.1) is 13.8 Å². The number of carbonyl (C=O) groups is 1. The number of hydrogen-bond acceptors (Lipinski definition) is 6. The molecule has 0 unspecified atom stereocenters. The van der Waals surface area contributed by atoms with Crippen LogP contribution in [0.15, 0.2) is 6.07 Å². The number of anilines is 1. The summed E-state index contributed by atoms with van der Waals surface area (Å²) in [5, 5.41) is 1.11. The standard InChI is InChI=1S/C15H20N4O2S/c1-4-21-15(20)19-7-5-18(6-8-19)13-12-9-10(2)22-14(12)17-11(3)16-13/h9H,4-8H2,1-3H3. The Morgan fingerprint density at radius 1 is 1.27 bits per heavy atom. The van der Waals surface area contributed by atoms with Crippen LogP contribution in [0.5, 0.6) is 0 Å². The van der Waals surface area contributed by atoms with Crippen LogP contribution in [0.2, 0.25) is 0 Å². The first-order valence-corrected chi connectivity index (χ1v) is 8.31. The molecule has 0 aromatic carbocycles. The first-order valence-electron chi connectivity index (χ1n) is 7.50. The fraction of sp³-hybridized carbons (Fsp3) is 0.533. The lowest BCUT2D eigenvalue weighted by atomic mass is 10.2. The molecular weight excluding hydrogens is 300 g/mol. The van der Waals surface area contributed by atoms with Gasteiger partial charge in [-0.25, -0.2) is 14.8 Å². The van der Waals surface area contributed by atoms with Gasteiger partial charge in [0, 0.05) is 31.1 Å². The van der Waals surface area contributed by atoms with Crippen LogP contribution in [0.4, 0.5) is 10.6 Å². The summed E-state index contributed by atoms with van der Waals surface area (Å²) in [4.78, 5) is 27.2. The van der Waals surface area contributed by atoms with Crippen molar-refractivity contribution in [3.05, 3.63) is 16.8 Å². The van der Waals surface area contributed by atoms with Crippen LogP contribution >= 0.6 is 11.3 Å². The quantitative estimate of drug-likeness (QED) is 0.851. The topological polar surface area (TPSA) is 58.6 Å². The first-order chi connectivity index (χ1) is 10.6. The molecule has 3 rings (SSSR count). The van der Waals surface area contributed by atoms with Gasteiger partial charge < -0.3 is 14.5 Å². The summed E-state index contributed by atoms with van der Waals surface area (Å²) in [5.74, 6) is 1.77. The third-order valence-electron chi connectivity index (χ3n) is 3.71. The summed E-state index contributed by atoms with van der Waals surface area (Å²) >= 11 is 1.69. The lowest BCUT2D eigenvalue weighted by molar-refractivity contribution is 0.105. The lowest BCUT2D eigenvalue weighted by Crippen LogP contribution is -2.49. The van der Waals surface area contributed by atoms with Crippen molar-refractivity contribution < 1.29 is 9.53 Å². The summed E-state index contributed by atoms with van der Waals surface area (Å²) in [5.41, 5.74) is 0. The highest BCUT2D eigenvalue weighted by atomic mass is 32.1. The molecule has 0 saturated carbocycles. The highest BCUT2D eigenvalue weighted by molar-refractivity contribution is 7.18. The highest BCUT2D eigenvalue weighted by Gasteiger charge is 2.24. The van der Waals surface area contributed by atoms with Gasteiger partial charge in [-0.3, -0.25) is 0 Å². The predicted octanol–water partition coefficient (Wildman–Crippen LogP) is 2.59. The molecule has 0 spiro atoms. The lowest BCUT2D eigenvalue weighted by Gasteiger charge is -2.35. The van der Waals surface area contributed by atoms with E-state index in [1.54, 1.807) is 16.2 Å². The maximum atomic E-state index is 11.8. The molecule has 22 heavy (non-hydrogen) atoms. The zero-order valence-corrected chi connectivity index (χ0v) is 13.9. The Balaban J connectivity index is 1.80. The number of ether oxygens (including phenoxy) is 1. The molecule has 7 heteroatoms. The molecule has 1 saturated heterocycles. The van der Waals surface area contributed by atoms with Gasteiger partial charge in [-0.1, -0.05) is 0 Å². The number of fused-ring (bicyclic) bond motifs is 1. The number of aromatic nitrogens is 2. The fourth-order valence-electron chi connectivity index (χ4n) is 2.69. The van der Waals surface area contributed by atoms with E-state index in [2.05, 4.69) is 27.9 Å². The average Bonchev–Trinajstić information content (AvgIpc) is 2.87. The number of piperazine rings is 1. The number of amides is 1. The molecule has 118 valence electrons. The van der Waals surface area contributed by atoms with E-state index in [1.165, 1.54) is 4.88 Å². The van der Waals surface area contributed by atoms with Gasteiger partial charge in [-0.05, 0) is 26.8 Å². The van der Waals surface area contributed by atoms with Crippen molar-refractivity contribution in [2.75, 3.05) is 37.7 Å². The predicted molar refractivity (Wildman–Crippen MR) is 87.7 cm³/mol. The van der Waals surface area contributed by atoms with E-state index in [0.717, 1.165) is 34.9 Å². The van der Waals surface area contributed by atoms with Crippen LogP contribution < -0.4 is 4.90 Å². The maximum absolute atomic E-state index is 11.8. The first kappa shape index (κ1) is 15.0. The second-order valence-corrected chi connectivity index (χ2v) is 6.58. The average molecular weight is 320 g/mol. The summed E-state index contributed by atoms with van der Waals surface area (Å²) in [6.07, 6.45) is -0.224. The van der Waals surface area contributed by atoms with E-state index >= 15 is 0 Å². The van der Waals surface area contributed by atoms with Gasteiger partial charge in [-0.2, -0.15) is 0 Å². The van der Waals surface area contributed by atoms with Crippen molar-refractivity contribution in [2.45, 2.75) is 20.8 Å². The number of nitrogens with zero attached hydrogens (tertiary/aromatic N) is 4. The fourth-order valence-corrected chi connectivity index (χ4v) is 3.61. The minimum absolute atomic E-state index is 0.224. The van der Waals surface area contributed by atoms with Crippen LogP contribution in [-0.4, -0.2) is 53.7 Å². The molecule has 0 atom stereocenters. The van der Waals surface area contributed by atoms with E-state index in [4.69, 9.17) is 4.74 Å². The number of aryl methyl sites for hydroxylation is 2. The Hall–Kier alpha value is -1.89. The molecule has 0 radical (unpaired) electrons. The van der Waals surface area contributed by atoms with Crippen molar-refractivity contribution in [2.24, 2.45) is 0 Å². The molecule has 0 N–H and O–H groups in total. The largest absolute Gasteiger partial charge is 0.450 e. The SMILES string of the molecule is CCOC(=O)N1CCN(c2nc(C)nc3sc(C)cc23)CC1. The monoisotopic (exact) mass is 320 g/mol. The van der Waals surface area contributed by atoms with Crippen LogP contribution in [0.25, 0.3) is 10.2 Å². The summed E-state index contributed by atoms with van der Waals surface area (Å²) in [6, 6.07) is 2.15. The third kappa shape index (κ3) is 2.85. The minimum Gasteiger partial charge on any atom is -0.450 e. The third-order valence-corrected chi connectivity index (χ3v) is 4.66. The van der Waals surface area contributed by atoms with Crippen LogP contribution in [0.1, 0.15) is 17.6 Å². The number of hydrogen-bond donors (Lipinski definition) is 0. The van der Waals surface area contributed by atoms with Crippen molar-refractivity contribution in [1.29, 1.82) is 0 Å². The van der Waals surface area contributed by atoms with Gasteiger partial charge in [-0.15, -0.1) is 11.3 Å². The van der Waals surface area contributed by atoms with Gasteiger partial charge in [0.25, 0.3) is 0 Å². The van der Waals surface area contributed by atoms with E-state index < -0.39 is 0 Å². The van der Waals surface area contributed by atoms with E-state index in [9.17, 15) is 4.79 Å². The second-order valence-electron chi connectivity index (χ2n) is 5.34. The number of thiophene rings is 1. The molecule has 2 aromatic rings. The number of rotatable bonds is 2. The Bertz CT molecular complexity index is 692. The molecule has 6 nitrogen and oxygen atoms in total. The zero-order valence-electron chi connectivity index (χ0n) is 13.1. The van der Waals surface area contributed by atoms with Crippen LogP contribution in [0.3, 0.4) is 0 Å². The molecule has 0 bridgehead atoms. The van der Waals surface area contributed by atoms with Gasteiger partial charge >= 0.3 is 6.09 Å². The minimum atomic E-state index is -0.224. The Morgan fingerprint density at radius 2 is 2.00 bits per heavy atom. The molecule has 0 aliphatic carbocycles. The zero-order chi connectivity index (χ0) is 15.7. The number of carbonyl (C=O) groups excluding carboxylic acids is 1. The molecule has 1 fully saturated rings. The van der Waals surface area contributed by atoms with E-state index in [1.807, 2.05) is 13.8 Å². The molecule has 1 aliphatic rings. The van der Waals surface area contributed by atoms with Crippen molar-refractivity contribution in [1.82, 2.24) is 14.9 Å². The Morgan fingerprint density at radius 3 is 2.68 bits per heavy atom. The van der Waals surface area contributed by atoms with Crippen molar-refractivity contribution >= 4 is 33.5 Å². The van der Waals surface area contributed by atoms with E-state index in [-0.39, 0.29) is 6.09 Å². The van der Waals surface area contributed by atoms with E-state index in [0.29, 0.717) is 19.7 Å². The van der Waals surface area contributed by atoms with Gasteiger partial charge in [0.1, 0.15) is 16.5 Å². The smallest absolute Gasteiger partial charge is 0.409 e.